The van der Waals surface area contributed by atoms with E-state index >= 15 is 0 Å². The molecule has 3 aromatic heterocycles. The Kier molecular flexibility index (Phi) is 6.81. The molecule has 0 unspecified atom stereocenters. The second kappa shape index (κ2) is 10.5. The van der Waals surface area contributed by atoms with Gasteiger partial charge in [0.25, 0.3) is 5.19 Å². The number of nitrogens with zero attached hydrogens (tertiary/aromatic N) is 3. The van der Waals surface area contributed by atoms with Crippen LogP contribution < -0.4 is 14.2 Å². The van der Waals surface area contributed by atoms with Gasteiger partial charge in [0, 0.05) is 28.7 Å². The number of aromatic carboxylic acids is 1. The predicted octanol–water partition coefficient (Wildman–Crippen LogP) is 6.13. The number of carboxylic acids is 1. The van der Waals surface area contributed by atoms with E-state index in [-0.39, 0.29) is 12.3 Å². The average molecular weight is 502 g/mol. The van der Waals surface area contributed by atoms with Crippen LogP contribution >= 0.6 is 11.3 Å². The first kappa shape index (κ1) is 23.4. The van der Waals surface area contributed by atoms with Gasteiger partial charge < -0.3 is 23.9 Å². The molecular weight excluding hydrogens is 478 g/mol. The van der Waals surface area contributed by atoms with E-state index in [0.717, 1.165) is 22.2 Å². The molecule has 3 heterocycles. The van der Waals surface area contributed by atoms with Crippen LogP contribution in [0.1, 0.15) is 17.4 Å². The molecule has 5 rings (SSSR count). The molecule has 9 heteroatoms. The topological polar surface area (TPSA) is 95.7 Å². The molecule has 0 saturated carbocycles. The molecule has 0 aliphatic rings. The van der Waals surface area contributed by atoms with Crippen molar-refractivity contribution in [2.75, 3.05) is 13.2 Å². The monoisotopic (exact) mass is 501 g/mol. The molecule has 36 heavy (non-hydrogen) atoms. The average Bonchev–Trinajstić information content (AvgIpc) is 3.53. The summed E-state index contributed by atoms with van der Waals surface area (Å²) in [4.78, 5) is 20.7. The Morgan fingerprint density at radius 3 is 2.56 bits per heavy atom. The van der Waals surface area contributed by atoms with Crippen LogP contribution in [0.15, 0.2) is 78.4 Å². The smallest absolute Gasteiger partial charge is 0.352 e. The third-order valence-electron chi connectivity index (χ3n) is 5.49. The van der Waals surface area contributed by atoms with E-state index in [1.165, 1.54) is 11.3 Å². The van der Waals surface area contributed by atoms with Crippen LogP contribution in [0.2, 0.25) is 0 Å². The Morgan fingerprint density at radius 1 is 0.972 bits per heavy atom. The van der Waals surface area contributed by atoms with E-state index in [1.807, 2.05) is 54.8 Å². The summed E-state index contributed by atoms with van der Waals surface area (Å²) in [5.41, 5.74) is 2.51. The zero-order valence-corrected chi connectivity index (χ0v) is 20.3. The van der Waals surface area contributed by atoms with Crippen LogP contribution in [0, 0.1) is 0 Å². The number of hydrogen-bond donors (Lipinski definition) is 1. The van der Waals surface area contributed by atoms with Crippen LogP contribution in [0.3, 0.4) is 0 Å². The van der Waals surface area contributed by atoms with E-state index in [2.05, 4.69) is 9.97 Å². The highest BCUT2D eigenvalue weighted by Gasteiger charge is 2.18. The van der Waals surface area contributed by atoms with Crippen LogP contribution in [0.4, 0.5) is 0 Å². The Bertz CT molecular complexity index is 1480. The molecule has 0 bridgehead atoms. The lowest BCUT2D eigenvalue weighted by Gasteiger charge is -2.11. The largest absolute Gasteiger partial charge is 0.494 e. The fourth-order valence-corrected chi connectivity index (χ4v) is 4.46. The van der Waals surface area contributed by atoms with Crippen molar-refractivity contribution in [2.45, 2.75) is 13.5 Å². The molecule has 0 saturated heterocycles. The van der Waals surface area contributed by atoms with Crippen molar-refractivity contribution in [1.29, 1.82) is 0 Å². The van der Waals surface area contributed by atoms with Gasteiger partial charge in [-0.05, 0) is 55.5 Å². The number of carbonyl (C=O) groups is 1. The molecule has 0 spiro atoms. The molecule has 0 aliphatic carbocycles. The van der Waals surface area contributed by atoms with Crippen molar-refractivity contribution in [3.05, 3.63) is 84.1 Å². The minimum Gasteiger partial charge on any atom is -0.494 e. The van der Waals surface area contributed by atoms with Gasteiger partial charge in [-0.2, -0.15) is 0 Å². The van der Waals surface area contributed by atoms with Gasteiger partial charge in [0.15, 0.2) is 0 Å². The number of hydrogen-bond acceptors (Lipinski definition) is 7. The first-order chi connectivity index (χ1) is 17.6. The molecule has 0 radical (unpaired) electrons. The third-order valence-corrected chi connectivity index (χ3v) is 6.14. The van der Waals surface area contributed by atoms with Crippen molar-refractivity contribution >= 4 is 28.2 Å². The molecule has 0 aliphatic heterocycles. The second-order valence-corrected chi connectivity index (χ2v) is 8.62. The quantitative estimate of drug-likeness (QED) is 0.246. The highest BCUT2D eigenvalue weighted by atomic mass is 32.1. The maximum Gasteiger partial charge on any atom is 0.352 e. The Balaban J connectivity index is 1.36. The van der Waals surface area contributed by atoms with Gasteiger partial charge in [0.05, 0.1) is 24.4 Å². The highest BCUT2D eigenvalue weighted by molar-refractivity contribution is 7.11. The summed E-state index contributed by atoms with van der Waals surface area (Å²) >= 11 is 1.42. The normalized spacial score (nSPS) is 10.9. The lowest BCUT2D eigenvalue weighted by Crippen LogP contribution is -2.13. The number of rotatable bonds is 10. The molecule has 8 nitrogen and oxygen atoms in total. The predicted molar refractivity (Wildman–Crippen MR) is 137 cm³/mol. The van der Waals surface area contributed by atoms with Crippen molar-refractivity contribution in [3.63, 3.8) is 0 Å². The molecule has 2 aromatic carbocycles. The standard InChI is InChI=1S/C27H23N3O5S/c1-2-33-21-5-3-4-18(16-21)25-22-17-24(26(31)32)30(23(22)10-11-28-25)13-14-34-19-6-8-20(9-7-19)35-27-29-12-15-36-27/h3-12,15-17H,2,13-14H2,1H3,(H,31,32). The fraction of sp³-hybridized carbons (Fsp3) is 0.148. The molecule has 0 atom stereocenters. The number of benzene rings is 2. The van der Waals surface area contributed by atoms with E-state index in [0.29, 0.717) is 35.5 Å². The maximum atomic E-state index is 12.1. The lowest BCUT2D eigenvalue weighted by molar-refractivity contribution is 0.0684. The van der Waals surface area contributed by atoms with E-state index in [1.54, 1.807) is 35.2 Å². The van der Waals surface area contributed by atoms with Crippen LogP contribution in [-0.4, -0.2) is 38.8 Å². The van der Waals surface area contributed by atoms with Crippen molar-refractivity contribution in [2.24, 2.45) is 0 Å². The first-order valence-corrected chi connectivity index (χ1v) is 12.3. The zero-order chi connectivity index (χ0) is 24.9. The molecule has 0 amide bonds. The number of aromatic nitrogens is 3. The summed E-state index contributed by atoms with van der Waals surface area (Å²) in [6.45, 7) is 3.12. The van der Waals surface area contributed by atoms with Crippen LogP contribution in [0.5, 0.6) is 22.4 Å². The fourth-order valence-electron chi connectivity index (χ4n) is 3.95. The number of thiazole rings is 1. The Morgan fingerprint density at radius 2 is 1.81 bits per heavy atom. The number of fused-ring (bicyclic) bond motifs is 1. The van der Waals surface area contributed by atoms with Gasteiger partial charge >= 0.3 is 5.97 Å². The molecule has 5 aromatic rings. The minimum absolute atomic E-state index is 0.177. The van der Waals surface area contributed by atoms with Crippen molar-refractivity contribution < 1.29 is 24.1 Å². The van der Waals surface area contributed by atoms with Crippen molar-refractivity contribution in [3.8, 4) is 33.7 Å². The maximum absolute atomic E-state index is 12.1. The zero-order valence-electron chi connectivity index (χ0n) is 19.5. The van der Waals surface area contributed by atoms with E-state index in [4.69, 9.17) is 14.2 Å². The first-order valence-electron chi connectivity index (χ1n) is 11.4. The second-order valence-electron chi connectivity index (χ2n) is 7.76. The van der Waals surface area contributed by atoms with Crippen LogP contribution in [0.25, 0.3) is 22.2 Å². The highest BCUT2D eigenvalue weighted by Crippen LogP contribution is 2.31. The van der Waals surface area contributed by atoms with Gasteiger partial charge in [-0.15, -0.1) is 0 Å². The van der Waals surface area contributed by atoms with Gasteiger partial charge in [0.1, 0.15) is 29.5 Å². The Labute approximate surface area is 211 Å². The molecular formula is C27H23N3O5S. The van der Waals surface area contributed by atoms with Crippen LogP contribution in [-0.2, 0) is 6.54 Å². The summed E-state index contributed by atoms with van der Waals surface area (Å²) in [7, 11) is 0. The third kappa shape index (κ3) is 5.01. The summed E-state index contributed by atoms with van der Waals surface area (Å²) in [6, 6.07) is 18.3. The van der Waals surface area contributed by atoms with Gasteiger partial charge in [-0.25, -0.2) is 9.78 Å². The summed E-state index contributed by atoms with van der Waals surface area (Å²) in [6.07, 6.45) is 3.37. The number of ether oxygens (including phenoxy) is 3. The molecule has 182 valence electrons. The van der Waals surface area contributed by atoms with Gasteiger partial charge in [0.2, 0.25) is 0 Å². The Hall–Kier alpha value is -4.37. The summed E-state index contributed by atoms with van der Waals surface area (Å²) in [5, 5.41) is 13.1. The van der Waals surface area contributed by atoms with Crippen molar-refractivity contribution in [1.82, 2.24) is 14.5 Å². The number of carboxylic acid groups (broad SMARTS) is 1. The lowest BCUT2D eigenvalue weighted by atomic mass is 10.1. The van der Waals surface area contributed by atoms with Gasteiger partial charge in [-0.3, -0.25) is 4.98 Å². The SMILES string of the molecule is CCOc1cccc(-c2nccc3c2cc(C(=O)O)n3CCOc2ccc(Oc3nccs3)cc2)c1. The van der Waals surface area contributed by atoms with E-state index < -0.39 is 5.97 Å². The molecule has 0 fully saturated rings. The molecule has 1 N–H and O–H groups in total. The summed E-state index contributed by atoms with van der Waals surface area (Å²) in [5.74, 6) is 1.05. The minimum atomic E-state index is -1.01. The van der Waals surface area contributed by atoms with E-state index in [9.17, 15) is 9.90 Å². The number of pyridine rings is 1. The summed E-state index contributed by atoms with van der Waals surface area (Å²) < 4.78 is 18.9. The van der Waals surface area contributed by atoms with Gasteiger partial charge in [-0.1, -0.05) is 23.5 Å².